The zero-order chi connectivity index (χ0) is 31.0. The first-order chi connectivity index (χ1) is 22.0. The van der Waals surface area contributed by atoms with Gasteiger partial charge in [0.05, 0.1) is 11.6 Å². The van der Waals surface area contributed by atoms with Gasteiger partial charge in [0.2, 0.25) is 0 Å². The van der Waals surface area contributed by atoms with E-state index >= 15 is 0 Å². The number of amides is 1. The van der Waals surface area contributed by atoms with Gasteiger partial charge in [-0.1, -0.05) is 72.8 Å². The van der Waals surface area contributed by atoms with Crippen LogP contribution in [0.1, 0.15) is 61.9 Å². The smallest absolute Gasteiger partial charge is 0.408 e. The second-order valence-corrected chi connectivity index (χ2v) is 11.6. The van der Waals surface area contributed by atoms with Crippen LogP contribution in [0.2, 0.25) is 0 Å². The molecule has 4 aromatic rings. The van der Waals surface area contributed by atoms with Gasteiger partial charge in [-0.2, -0.15) is 0 Å². The summed E-state index contributed by atoms with van der Waals surface area (Å²) in [6.07, 6.45) is 2.42. The number of esters is 1. The van der Waals surface area contributed by atoms with Crippen molar-refractivity contribution in [1.29, 1.82) is 0 Å². The molecule has 2 unspecified atom stereocenters. The van der Waals surface area contributed by atoms with Gasteiger partial charge in [0.1, 0.15) is 31.4 Å². The number of carbonyl (C=O) groups excluding carboxylic acids is 3. The molecule has 1 N–H and O–H groups in total. The Kier molecular flexibility index (Phi) is 9.51. The van der Waals surface area contributed by atoms with E-state index < -0.39 is 18.1 Å². The summed E-state index contributed by atoms with van der Waals surface area (Å²) in [5.74, 6) is 0.639. The van der Waals surface area contributed by atoms with Crippen LogP contribution >= 0.6 is 0 Å². The molecule has 3 heterocycles. The Balaban J connectivity index is 1.07. The van der Waals surface area contributed by atoms with Crippen LogP contribution in [-0.2, 0) is 22.7 Å². The summed E-state index contributed by atoms with van der Waals surface area (Å²) in [6.45, 7) is 3.35. The Labute approximate surface area is 262 Å². The second kappa shape index (κ2) is 14.2. The third-order valence-electron chi connectivity index (χ3n) is 8.49. The molecule has 2 bridgehead atoms. The zero-order valence-corrected chi connectivity index (χ0v) is 25.0. The van der Waals surface area contributed by atoms with Gasteiger partial charge in [0.25, 0.3) is 0 Å². The van der Waals surface area contributed by atoms with Crippen molar-refractivity contribution in [2.45, 2.75) is 38.2 Å². The third-order valence-corrected chi connectivity index (χ3v) is 8.49. The molecular weight excluding hydrogens is 568 g/mol. The van der Waals surface area contributed by atoms with Crippen LogP contribution < -0.4 is 10.1 Å². The second-order valence-electron chi connectivity index (χ2n) is 11.6. The molecule has 0 saturated carbocycles. The summed E-state index contributed by atoms with van der Waals surface area (Å²) < 4.78 is 17.5. The molecule has 1 amide bonds. The molecule has 3 fully saturated rings. The first-order valence-corrected chi connectivity index (χ1v) is 15.3. The molecule has 0 radical (unpaired) electrons. The van der Waals surface area contributed by atoms with Gasteiger partial charge in [0, 0.05) is 12.1 Å². The molecule has 2 atom stereocenters. The molecule has 0 aliphatic carbocycles. The van der Waals surface area contributed by atoms with E-state index in [1.165, 1.54) is 0 Å². The van der Waals surface area contributed by atoms with Gasteiger partial charge in [-0.15, -0.1) is 0 Å². The maximum atomic E-state index is 13.1. The molecule has 45 heavy (non-hydrogen) atoms. The minimum atomic E-state index is -0.446. The van der Waals surface area contributed by atoms with Gasteiger partial charge in [-0.25, -0.2) is 9.59 Å². The average molecular weight is 605 g/mol. The lowest BCUT2D eigenvalue weighted by Gasteiger charge is -2.43. The summed E-state index contributed by atoms with van der Waals surface area (Å²) in [4.78, 5) is 39.0. The van der Waals surface area contributed by atoms with Crippen molar-refractivity contribution in [1.82, 2.24) is 10.2 Å². The number of carbonyl (C=O) groups is 3. The fourth-order valence-corrected chi connectivity index (χ4v) is 6.01. The van der Waals surface area contributed by atoms with Gasteiger partial charge >= 0.3 is 12.1 Å². The highest BCUT2D eigenvalue weighted by Gasteiger charge is 2.36. The molecule has 8 nitrogen and oxygen atoms in total. The van der Waals surface area contributed by atoms with E-state index in [0.717, 1.165) is 61.0 Å². The van der Waals surface area contributed by atoms with Crippen molar-refractivity contribution < 1.29 is 28.6 Å². The number of benzene rings is 4. The predicted molar refractivity (Wildman–Crippen MR) is 169 cm³/mol. The highest BCUT2D eigenvalue weighted by atomic mass is 16.6. The van der Waals surface area contributed by atoms with E-state index in [0.29, 0.717) is 29.4 Å². The van der Waals surface area contributed by atoms with Crippen LogP contribution in [-0.4, -0.2) is 49.0 Å². The minimum Gasteiger partial charge on any atom is -0.489 e. The highest BCUT2D eigenvalue weighted by Crippen LogP contribution is 2.31. The SMILES string of the molecule is O=Cc1cccc(COC(=O)c2ccc(COc3cccc(C(NC(=O)OC4CN5CCC4CC5)c4ccccc4)c3)cc2)c1. The number of fused-ring (bicyclic) bond motifs is 3. The summed E-state index contributed by atoms with van der Waals surface area (Å²) in [6, 6.07) is 31.1. The Bertz CT molecular complexity index is 1620. The third kappa shape index (κ3) is 7.77. The standard InChI is InChI=1S/C37H36N2O6/c40-23-27-6-4-7-28(20-27)25-44-36(41)31-14-12-26(13-15-31)24-43-33-11-5-10-32(21-33)35(30-8-2-1-3-9-30)38-37(42)45-34-22-39-18-16-29(34)17-19-39/h1-15,20-21,23,29,34-35H,16-19,22,24-25H2,(H,38,42). The quantitative estimate of drug-likeness (QED) is 0.158. The monoisotopic (exact) mass is 604 g/mol. The Morgan fingerprint density at radius 3 is 2.31 bits per heavy atom. The Hall–Kier alpha value is -4.95. The largest absolute Gasteiger partial charge is 0.489 e. The number of hydrogen-bond donors (Lipinski definition) is 1. The van der Waals surface area contributed by atoms with E-state index in [1.807, 2.05) is 66.7 Å². The summed E-state index contributed by atoms with van der Waals surface area (Å²) in [5.41, 5.74) is 4.41. The maximum absolute atomic E-state index is 13.1. The van der Waals surface area contributed by atoms with E-state index in [-0.39, 0.29) is 12.7 Å². The van der Waals surface area contributed by atoms with Crippen LogP contribution in [0, 0.1) is 5.92 Å². The van der Waals surface area contributed by atoms with Crippen LogP contribution in [0.25, 0.3) is 0 Å². The summed E-state index contributed by atoms with van der Waals surface area (Å²) in [7, 11) is 0. The number of rotatable bonds is 11. The summed E-state index contributed by atoms with van der Waals surface area (Å²) >= 11 is 0. The number of nitrogens with one attached hydrogen (secondary N) is 1. The normalized spacial score (nSPS) is 19.2. The molecule has 230 valence electrons. The number of nitrogens with zero attached hydrogens (tertiary/aromatic N) is 1. The molecule has 8 heteroatoms. The minimum absolute atomic E-state index is 0.0766. The van der Waals surface area contributed by atoms with Crippen LogP contribution in [0.5, 0.6) is 5.75 Å². The number of hydrogen-bond acceptors (Lipinski definition) is 7. The zero-order valence-electron chi connectivity index (χ0n) is 25.0. The molecule has 3 aliphatic rings. The highest BCUT2D eigenvalue weighted by molar-refractivity contribution is 5.89. The molecular formula is C37H36N2O6. The van der Waals surface area contributed by atoms with Crippen molar-refractivity contribution in [3.8, 4) is 5.75 Å². The predicted octanol–water partition coefficient (Wildman–Crippen LogP) is 6.34. The molecule has 3 saturated heterocycles. The lowest BCUT2D eigenvalue weighted by atomic mass is 9.86. The van der Waals surface area contributed by atoms with Crippen LogP contribution in [0.15, 0.2) is 103 Å². The molecule has 4 aromatic carbocycles. The average Bonchev–Trinajstić information content (AvgIpc) is 3.10. The van der Waals surface area contributed by atoms with Crippen molar-refractivity contribution in [3.05, 3.63) is 137 Å². The fraction of sp³-hybridized carbons (Fsp3) is 0.270. The van der Waals surface area contributed by atoms with Crippen molar-refractivity contribution >= 4 is 18.3 Å². The van der Waals surface area contributed by atoms with Gasteiger partial charge in [-0.05, 0) is 84.4 Å². The van der Waals surface area contributed by atoms with Crippen LogP contribution in [0.4, 0.5) is 4.79 Å². The van der Waals surface area contributed by atoms with E-state index in [9.17, 15) is 14.4 Å². The molecule has 0 aromatic heterocycles. The van der Waals surface area contributed by atoms with Crippen molar-refractivity contribution in [2.24, 2.45) is 5.92 Å². The number of ether oxygens (including phenoxy) is 3. The van der Waals surface area contributed by atoms with Crippen molar-refractivity contribution in [2.75, 3.05) is 19.6 Å². The number of piperidine rings is 3. The van der Waals surface area contributed by atoms with Crippen molar-refractivity contribution in [3.63, 3.8) is 0 Å². The number of aldehydes is 1. The molecule has 3 aliphatic heterocycles. The Morgan fingerprint density at radius 1 is 0.822 bits per heavy atom. The van der Waals surface area contributed by atoms with E-state index in [4.69, 9.17) is 14.2 Å². The van der Waals surface area contributed by atoms with Gasteiger partial charge in [0.15, 0.2) is 0 Å². The Morgan fingerprint density at radius 2 is 1.58 bits per heavy atom. The van der Waals surface area contributed by atoms with E-state index in [1.54, 1.807) is 36.4 Å². The lowest BCUT2D eigenvalue weighted by Crippen LogP contribution is -2.52. The van der Waals surface area contributed by atoms with E-state index in [2.05, 4.69) is 10.2 Å². The topological polar surface area (TPSA) is 94.2 Å². The van der Waals surface area contributed by atoms with Gasteiger partial charge < -0.3 is 19.5 Å². The molecule has 0 spiro atoms. The number of alkyl carbamates (subject to hydrolysis) is 1. The first kappa shape index (κ1) is 30.1. The molecule has 7 rings (SSSR count). The maximum Gasteiger partial charge on any atom is 0.408 e. The van der Waals surface area contributed by atoms with Crippen LogP contribution in [0.3, 0.4) is 0 Å². The summed E-state index contributed by atoms with van der Waals surface area (Å²) in [5, 5.41) is 3.11. The van der Waals surface area contributed by atoms with Gasteiger partial charge in [-0.3, -0.25) is 9.69 Å². The first-order valence-electron chi connectivity index (χ1n) is 15.3. The fourth-order valence-electron chi connectivity index (χ4n) is 6.01. The lowest BCUT2D eigenvalue weighted by molar-refractivity contribution is -0.0336.